The van der Waals surface area contributed by atoms with Gasteiger partial charge in [0, 0.05) is 5.69 Å². The standard InChI is InChI=1S/C17H17NO/c1-11-5-4-6-12(9-11)13-7-8-15-14(10-13)17(2,3)16(19)18-15/h4-10H,1-3H3,(H,18,19). The largest absolute Gasteiger partial charge is 0.325 e. The summed E-state index contributed by atoms with van der Waals surface area (Å²) < 4.78 is 0. The Hall–Kier alpha value is -2.09. The van der Waals surface area contributed by atoms with Gasteiger partial charge >= 0.3 is 0 Å². The Morgan fingerprint density at radius 1 is 1.00 bits per heavy atom. The molecule has 0 bridgehead atoms. The van der Waals surface area contributed by atoms with Gasteiger partial charge in [0.25, 0.3) is 0 Å². The lowest BCUT2D eigenvalue weighted by atomic mass is 9.84. The summed E-state index contributed by atoms with van der Waals surface area (Å²) in [7, 11) is 0. The zero-order chi connectivity index (χ0) is 13.6. The van der Waals surface area contributed by atoms with Crippen LogP contribution in [0.2, 0.25) is 0 Å². The first-order valence-electron chi connectivity index (χ1n) is 6.51. The molecule has 2 aromatic rings. The van der Waals surface area contributed by atoms with Gasteiger partial charge in [0.05, 0.1) is 5.41 Å². The smallest absolute Gasteiger partial charge is 0.234 e. The number of aryl methyl sites for hydroxylation is 1. The van der Waals surface area contributed by atoms with Gasteiger partial charge in [-0.25, -0.2) is 0 Å². The molecule has 1 aliphatic heterocycles. The molecule has 0 radical (unpaired) electrons. The monoisotopic (exact) mass is 251 g/mol. The van der Waals surface area contributed by atoms with Crippen molar-refractivity contribution in [2.24, 2.45) is 0 Å². The molecule has 1 heterocycles. The van der Waals surface area contributed by atoms with Gasteiger partial charge < -0.3 is 5.32 Å². The van der Waals surface area contributed by atoms with E-state index < -0.39 is 5.41 Å². The average molecular weight is 251 g/mol. The van der Waals surface area contributed by atoms with Crippen LogP contribution in [0, 0.1) is 6.92 Å². The van der Waals surface area contributed by atoms with Gasteiger partial charge in [-0.15, -0.1) is 0 Å². The fourth-order valence-corrected chi connectivity index (χ4v) is 2.58. The van der Waals surface area contributed by atoms with Crippen LogP contribution in [0.3, 0.4) is 0 Å². The average Bonchev–Trinajstić information content (AvgIpc) is 2.60. The second kappa shape index (κ2) is 3.95. The second-order valence-electron chi connectivity index (χ2n) is 5.71. The zero-order valence-corrected chi connectivity index (χ0v) is 11.4. The Kier molecular flexibility index (Phi) is 2.49. The second-order valence-corrected chi connectivity index (χ2v) is 5.71. The molecule has 0 unspecified atom stereocenters. The molecular formula is C17H17NO. The van der Waals surface area contributed by atoms with Crippen LogP contribution in [0.1, 0.15) is 25.0 Å². The lowest BCUT2D eigenvalue weighted by molar-refractivity contribution is -0.119. The van der Waals surface area contributed by atoms with Gasteiger partial charge in [-0.3, -0.25) is 4.79 Å². The highest BCUT2D eigenvalue weighted by Gasteiger charge is 2.38. The number of rotatable bonds is 1. The molecule has 0 spiro atoms. The van der Waals surface area contributed by atoms with Crippen molar-refractivity contribution in [1.82, 2.24) is 0 Å². The first kappa shape index (κ1) is 12.0. The molecule has 0 aliphatic carbocycles. The van der Waals surface area contributed by atoms with Crippen molar-refractivity contribution in [2.45, 2.75) is 26.2 Å². The fraction of sp³-hybridized carbons (Fsp3) is 0.235. The van der Waals surface area contributed by atoms with Gasteiger partial charge in [-0.2, -0.15) is 0 Å². The SMILES string of the molecule is Cc1cccc(-c2ccc3c(c2)C(C)(C)C(=O)N3)c1. The predicted molar refractivity (Wildman–Crippen MR) is 78.3 cm³/mol. The van der Waals surface area contributed by atoms with E-state index in [9.17, 15) is 4.79 Å². The summed E-state index contributed by atoms with van der Waals surface area (Å²) in [5.41, 5.74) is 5.16. The summed E-state index contributed by atoms with van der Waals surface area (Å²) in [4.78, 5) is 11.9. The molecule has 96 valence electrons. The summed E-state index contributed by atoms with van der Waals surface area (Å²) in [6.07, 6.45) is 0. The quantitative estimate of drug-likeness (QED) is 0.818. The Morgan fingerprint density at radius 2 is 1.74 bits per heavy atom. The van der Waals surface area contributed by atoms with Gasteiger partial charge in [0.2, 0.25) is 5.91 Å². The molecule has 2 nitrogen and oxygen atoms in total. The first-order valence-corrected chi connectivity index (χ1v) is 6.51. The molecule has 0 fully saturated rings. The van der Waals surface area contributed by atoms with Crippen molar-refractivity contribution in [3.05, 3.63) is 53.6 Å². The molecule has 2 aromatic carbocycles. The number of anilines is 1. The molecule has 0 saturated heterocycles. The number of amides is 1. The minimum Gasteiger partial charge on any atom is -0.325 e. The molecule has 0 atom stereocenters. The number of carbonyl (C=O) groups is 1. The molecule has 1 N–H and O–H groups in total. The molecule has 19 heavy (non-hydrogen) atoms. The lowest BCUT2D eigenvalue weighted by Gasteiger charge is -2.16. The predicted octanol–water partition coefficient (Wildman–Crippen LogP) is 3.89. The van der Waals surface area contributed by atoms with Crippen LogP contribution >= 0.6 is 0 Å². The van der Waals surface area contributed by atoms with Crippen LogP contribution in [0.5, 0.6) is 0 Å². The third-order valence-electron chi connectivity index (χ3n) is 3.86. The van der Waals surface area contributed by atoms with E-state index in [4.69, 9.17) is 0 Å². The highest BCUT2D eigenvalue weighted by Crippen LogP contribution is 2.39. The molecule has 2 heteroatoms. The maximum Gasteiger partial charge on any atom is 0.234 e. The molecule has 1 amide bonds. The van der Waals surface area contributed by atoms with Gasteiger partial charge in [-0.1, -0.05) is 35.9 Å². The maximum atomic E-state index is 11.9. The van der Waals surface area contributed by atoms with Crippen LogP contribution < -0.4 is 5.32 Å². The number of hydrogen-bond acceptors (Lipinski definition) is 1. The lowest BCUT2D eigenvalue weighted by Crippen LogP contribution is -2.26. The van der Waals surface area contributed by atoms with E-state index in [0.717, 1.165) is 16.8 Å². The van der Waals surface area contributed by atoms with E-state index in [0.29, 0.717) is 0 Å². The number of fused-ring (bicyclic) bond motifs is 1. The fourth-order valence-electron chi connectivity index (χ4n) is 2.58. The van der Waals surface area contributed by atoms with Crippen LogP contribution in [0.25, 0.3) is 11.1 Å². The maximum absolute atomic E-state index is 11.9. The molecular weight excluding hydrogens is 234 g/mol. The van der Waals surface area contributed by atoms with E-state index in [1.54, 1.807) is 0 Å². The van der Waals surface area contributed by atoms with Crippen molar-refractivity contribution < 1.29 is 4.79 Å². The number of nitrogens with one attached hydrogen (secondary N) is 1. The van der Waals surface area contributed by atoms with Gasteiger partial charge in [-0.05, 0) is 49.6 Å². The van der Waals surface area contributed by atoms with E-state index in [2.05, 4.69) is 48.6 Å². The summed E-state index contributed by atoms with van der Waals surface area (Å²) in [6.45, 7) is 6.02. The van der Waals surface area contributed by atoms with E-state index in [1.807, 2.05) is 19.9 Å². The highest BCUT2D eigenvalue weighted by atomic mass is 16.2. The van der Waals surface area contributed by atoms with Crippen LogP contribution in [0.15, 0.2) is 42.5 Å². The van der Waals surface area contributed by atoms with Crippen LogP contribution in [-0.2, 0) is 10.2 Å². The van der Waals surface area contributed by atoms with E-state index in [1.165, 1.54) is 11.1 Å². The van der Waals surface area contributed by atoms with Crippen molar-refractivity contribution in [3.63, 3.8) is 0 Å². The molecule has 3 rings (SSSR count). The summed E-state index contributed by atoms with van der Waals surface area (Å²) in [5.74, 6) is 0.0730. The van der Waals surface area contributed by atoms with E-state index in [-0.39, 0.29) is 5.91 Å². The Labute approximate surface area is 113 Å². The first-order chi connectivity index (χ1) is 8.98. The number of benzene rings is 2. The van der Waals surface area contributed by atoms with Crippen molar-refractivity contribution in [1.29, 1.82) is 0 Å². The van der Waals surface area contributed by atoms with Crippen molar-refractivity contribution in [2.75, 3.05) is 5.32 Å². The molecule has 1 aliphatic rings. The Bertz CT molecular complexity index is 671. The summed E-state index contributed by atoms with van der Waals surface area (Å²) in [5, 5.41) is 2.94. The Balaban J connectivity index is 2.13. The topological polar surface area (TPSA) is 29.1 Å². The van der Waals surface area contributed by atoms with Crippen LogP contribution in [0.4, 0.5) is 5.69 Å². The molecule has 0 saturated carbocycles. The van der Waals surface area contributed by atoms with Crippen LogP contribution in [-0.4, -0.2) is 5.91 Å². The summed E-state index contributed by atoms with van der Waals surface area (Å²) in [6, 6.07) is 14.6. The van der Waals surface area contributed by atoms with Crippen molar-refractivity contribution >= 4 is 11.6 Å². The Morgan fingerprint density at radius 3 is 2.47 bits per heavy atom. The third kappa shape index (κ3) is 1.84. The van der Waals surface area contributed by atoms with E-state index >= 15 is 0 Å². The third-order valence-corrected chi connectivity index (χ3v) is 3.86. The zero-order valence-electron chi connectivity index (χ0n) is 11.4. The summed E-state index contributed by atoms with van der Waals surface area (Å²) >= 11 is 0. The highest BCUT2D eigenvalue weighted by molar-refractivity contribution is 6.06. The minimum atomic E-state index is -0.449. The number of carbonyl (C=O) groups excluding carboxylic acids is 1. The molecule has 0 aromatic heterocycles. The minimum absolute atomic E-state index is 0.0730. The number of hydrogen-bond donors (Lipinski definition) is 1. The van der Waals surface area contributed by atoms with Crippen molar-refractivity contribution in [3.8, 4) is 11.1 Å². The van der Waals surface area contributed by atoms with Gasteiger partial charge in [0.1, 0.15) is 0 Å². The normalized spacial score (nSPS) is 16.1. The van der Waals surface area contributed by atoms with Gasteiger partial charge in [0.15, 0.2) is 0 Å².